The molecule has 9 heteroatoms. The lowest BCUT2D eigenvalue weighted by molar-refractivity contribution is 0.0384. The molecule has 2 aromatic heterocycles. The van der Waals surface area contributed by atoms with E-state index in [1.165, 1.54) is 5.56 Å². The lowest BCUT2D eigenvalue weighted by Crippen LogP contribution is -2.40. The van der Waals surface area contributed by atoms with E-state index in [4.69, 9.17) is 9.47 Å². The standard InChI is InChI=1S/C21H27N7O2/c1-29-19-12-16(14-23-6-7-28-8-10-30-11-9-28)2-3-17(19)18-13-20(27-26-18)25-21-15-22-4-5-24-21/h2-5,12-13,15,23H,6-11,14H2,1H3,(H2,24,25,26,27). The van der Waals surface area contributed by atoms with Crippen molar-refractivity contribution >= 4 is 11.6 Å². The number of H-pyrrole nitrogens is 1. The maximum atomic E-state index is 5.63. The number of benzene rings is 1. The monoisotopic (exact) mass is 409 g/mol. The summed E-state index contributed by atoms with van der Waals surface area (Å²) in [6, 6.07) is 8.15. The number of morpholine rings is 1. The van der Waals surface area contributed by atoms with Crippen LogP contribution in [0.3, 0.4) is 0 Å². The number of hydrogen-bond acceptors (Lipinski definition) is 8. The third-order valence-electron chi connectivity index (χ3n) is 4.99. The molecular weight excluding hydrogens is 382 g/mol. The lowest BCUT2D eigenvalue weighted by Gasteiger charge is -2.26. The summed E-state index contributed by atoms with van der Waals surface area (Å²) in [5.74, 6) is 2.11. The Bertz CT molecular complexity index is 926. The van der Waals surface area contributed by atoms with Gasteiger partial charge in [0.05, 0.1) is 32.2 Å². The third-order valence-corrected chi connectivity index (χ3v) is 4.99. The summed E-state index contributed by atoms with van der Waals surface area (Å²) in [4.78, 5) is 10.7. The average Bonchev–Trinajstić information content (AvgIpc) is 3.26. The van der Waals surface area contributed by atoms with E-state index >= 15 is 0 Å². The second kappa shape index (κ2) is 10.1. The Labute approximate surface area is 175 Å². The number of hydrogen-bond donors (Lipinski definition) is 3. The minimum absolute atomic E-state index is 0.640. The van der Waals surface area contributed by atoms with Gasteiger partial charge in [0.25, 0.3) is 0 Å². The van der Waals surface area contributed by atoms with Gasteiger partial charge in [-0.15, -0.1) is 0 Å². The van der Waals surface area contributed by atoms with Crippen molar-refractivity contribution in [3.05, 3.63) is 48.4 Å². The Balaban J connectivity index is 1.35. The van der Waals surface area contributed by atoms with Crippen molar-refractivity contribution in [1.82, 2.24) is 30.4 Å². The molecular formula is C21H27N7O2. The molecule has 1 fully saturated rings. The van der Waals surface area contributed by atoms with Crippen LogP contribution in [0.5, 0.6) is 5.75 Å². The largest absolute Gasteiger partial charge is 0.496 e. The second-order valence-corrected chi connectivity index (χ2v) is 7.05. The molecule has 0 spiro atoms. The number of nitrogens with zero attached hydrogens (tertiary/aromatic N) is 4. The van der Waals surface area contributed by atoms with Crippen LogP contribution in [0.4, 0.5) is 11.6 Å². The Kier molecular flexibility index (Phi) is 6.86. The second-order valence-electron chi connectivity index (χ2n) is 7.05. The molecule has 1 aliphatic heterocycles. The highest BCUT2D eigenvalue weighted by Crippen LogP contribution is 2.31. The van der Waals surface area contributed by atoms with Crippen molar-refractivity contribution in [2.24, 2.45) is 0 Å². The molecule has 1 aliphatic rings. The number of rotatable bonds is 9. The average molecular weight is 409 g/mol. The van der Waals surface area contributed by atoms with Gasteiger partial charge in [-0.25, -0.2) is 4.98 Å². The smallest absolute Gasteiger partial charge is 0.153 e. The van der Waals surface area contributed by atoms with Crippen LogP contribution in [0.25, 0.3) is 11.3 Å². The van der Waals surface area contributed by atoms with E-state index in [0.29, 0.717) is 11.6 Å². The van der Waals surface area contributed by atoms with Gasteiger partial charge in [0.15, 0.2) is 5.82 Å². The van der Waals surface area contributed by atoms with Gasteiger partial charge in [0.2, 0.25) is 0 Å². The molecule has 1 saturated heterocycles. The van der Waals surface area contributed by atoms with Crippen molar-refractivity contribution in [1.29, 1.82) is 0 Å². The maximum absolute atomic E-state index is 5.63. The van der Waals surface area contributed by atoms with Crippen LogP contribution in [0.1, 0.15) is 5.56 Å². The number of methoxy groups -OCH3 is 1. The molecule has 0 atom stereocenters. The van der Waals surface area contributed by atoms with Crippen molar-refractivity contribution in [3.63, 3.8) is 0 Å². The van der Waals surface area contributed by atoms with Crippen LogP contribution >= 0.6 is 0 Å². The van der Waals surface area contributed by atoms with Gasteiger partial charge in [-0.2, -0.15) is 5.10 Å². The van der Waals surface area contributed by atoms with E-state index in [9.17, 15) is 0 Å². The van der Waals surface area contributed by atoms with Gasteiger partial charge in [-0.05, 0) is 17.7 Å². The predicted molar refractivity (Wildman–Crippen MR) is 115 cm³/mol. The fourth-order valence-electron chi connectivity index (χ4n) is 3.38. The molecule has 0 saturated carbocycles. The van der Waals surface area contributed by atoms with Crippen LogP contribution < -0.4 is 15.4 Å². The topological polar surface area (TPSA) is 100 Å². The van der Waals surface area contributed by atoms with E-state index < -0.39 is 0 Å². The van der Waals surface area contributed by atoms with E-state index in [0.717, 1.165) is 62.9 Å². The number of ether oxygens (including phenoxy) is 2. The van der Waals surface area contributed by atoms with Crippen molar-refractivity contribution < 1.29 is 9.47 Å². The molecule has 3 heterocycles. The van der Waals surface area contributed by atoms with Crippen LogP contribution in [-0.2, 0) is 11.3 Å². The van der Waals surface area contributed by atoms with Crippen LogP contribution in [0, 0.1) is 0 Å². The summed E-state index contributed by atoms with van der Waals surface area (Å²) in [5, 5.41) is 14.0. The van der Waals surface area contributed by atoms with E-state index in [1.807, 2.05) is 6.07 Å². The molecule has 158 valence electrons. The molecule has 9 nitrogen and oxygen atoms in total. The minimum Gasteiger partial charge on any atom is -0.496 e. The fraction of sp³-hybridized carbons (Fsp3) is 0.381. The Morgan fingerprint density at radius 2 is 2.07 bits per heavy atom. The molecule has 1 aromatic carbocycles. The van der Waals surface area contributed by atoms with E-state index in [-0.39, 0.29) is 0 Å². The molecule has 0 radical (unpaired) electrons. The first kappa shape index (κ1) is 20.3. The third kappa shape index (κ3) is 5.32. The SMILES string of the molecule is COc1cc(CNCCN2CCOCC2)ccc1-c1cc(Nc2cnccn2)n[nH]1. The van der Waals surface area contributed by atoms with E-state index in [1.54, 1.807) is 25.7 Å². The quantitative estimate of drug-likeness (QED) is 0.462. The molecule has 0 aliphatic carbocycles. The lowest BCUT2D eigenvalue weighted by atomic mass is 10.1. The number of anilines is 2. The zero-order valence-electron chi connectivity index (χ0n) is 17.1. The van der Waals surface area contributed by atoms with Crippen molar-refractivity contribution in [3.8, 4) is 17.0 Å². The molecule has 30 heavy (non-hydrogen) atoms. The summed E-state index contributed by atoms with van der Waals surface area (Å²) in [7, 11) is 1.68. The Morgan fingerprint density at radius 3 is 2.87 bits per heavy atom. The van der Waals surface area contributed by atoms with Gasteiger partial charge in [0, 0.05) is 56.7 Å². The van der Waals surface area contributed by atoms with Crippen LogP contribution in [0.2, 0.25) is 0 Å². The minimum atomic E-state index is 0.640. The molecule has 3 N–H and O–H groups in total. The van der Waals surface area contributed by atoms with Gasteiger partial charge in [-0.1, -0.05) is 6.07 Å². The summed E-state index contributed by atoms with van der Waals surface area (Å²) in [5.41, 5.74) is 2.99. The summed E-state index contributed by atoms with van der Waals surface area (Å²) in [6.45, 7) is 6.48. The zero-order valence-corrected chi connectivity index (χ0v) is 17.1. The molecule has 4 rings (SSSR count). The van der Waals surface area contributed by atoms with Crippen molar-refractivity contribution in [2.45, 2.75) is 6.54 Å². The summed E-state index contributed by atoms with van der Waals surface area (Å²) in [6.07, 6.45) is 4.91. The summed E-state index contributed by atoms with van der Waals surface area (Å²) >= 11 is 0. The first-order valence-corrected chi connectivity index (χ1v) is 10.1. The van der Waals surface area contributed by atoms with Gasteiger partial charge in [-0.3, -0.25) is 15.0 Å². The zero-order chi connectivity index (χ0) is 20.6. The summed E-state index contributed by atoms with van der Waals surface area (Å²) < 4.78 is 11.0. The first-order chi connectivity index (χ1) is 14.8. The number of aromatic amines is 1. The highest BCUT2D eigenvalue weighted by atomic mass is 16.5. The number of aromatic nitrogens is 4. The molecule has 3 aromatic rings. The fourth-order valence-corrected chi connectivity index (χ4v) is 3.38. The van der Waals surface area contributed by atoms with E-state index in [2.05, 4.69) is 53.9 Å². The highest BCUT2D eigenvalue weighted by molar-refractivity contribution is 5.71. The van der Waals surface area contributed by atoms with Crippen molar-refractivity contribution in [2.75, 3.05) is 51.8 Å². The molecule has 0 unspecified atom stereocenters. The molecule has 0 amide bonds. The Morgan fingerprint density at radius 1 is 1.17 bits per heavy atom. The first-order valence-electron chi connectivity index (χ1n) is 10.1. The van der Waals surface area contributed by atoms with Crippen LogP contribution in [0.15, 0.2) is 42.9 Å². The normalized spacial score (nSPS) is 14.6. The maximum Gasteiger partial charge on any atom is 0.153 e. The molecule has 0 bridgehead atoms. The van der Waals surface area contributed by atoms with Gasteiger partial charge in [0.1, 0.15) is 11.6 Å². The van der Waals surface area contributed by atoms with Gasteiger partial charge < -0.3 is 20.1 Å². The highest BCUT2D eigenvalue weighted by Gasteiger charge is 2.12. The van der Waals surface area contributed by atoms with Gasteiger partial charge >= 0.3 is 0 Å². The van der Waals surface area contributed by atoms with Crippen LogP contribution in [-0.4, -0.2) is 71.6 Å². The predicted octanol–water partition coefficient (Wildman–Crippen LogP) is 2.04. The Hall–Kier alpha value is -3.01. The number of nitrogens with one attached hydrogen (secondary N) is 3.